The van der Waals surface area contributed by atoms with Crippen LogP contribution >= 0.6 is 24.0 Å². The second kappa shape index (κ2) is 12.4. The van der Waals surface area contributed by atoms with Gasteiger partial charge in [-0.1, -0.05) is 30.3 Å². The van der Waals surface area contributed by atoms with E-state index in [1.54, 1.807) is 14.2 Å². The van der Waals surface area contributed by atoms with E-state index in [1.807, 2.05) is 7.05 Å². The highest BCUT2D eigenvalue weighted by molar-refractivity contribution is 14.0. The quantitative estimate of drug-likeness (QED) is 0.329. The standard InChI is InChI=1S/C25H34N4O3.HI/c1-26-25(29-10-9-20-15-23(30-2)24(31-3)16-21(20)18-29)27-17-22(19-7-5-4-6-8-19)28-11-13-32-14-12-28;/h4-8,15-16,22H,9-14,17-18H2,1-3H3,(H,26,27);1H. The number of ether oxygens (including phenoxy) is 3. The second-order valence-electron chi connectivity index (χ2n) is 8.15. The number of methoxy groups -OCH3 is 2. The van der Waals surface area contributed by atoms with E-state index in [0.29, 0.717) is 0 Å². The van der Waals surface area contributed by atoms with Gasteiger partial charge >= 0.3 is 0 Å². The van der Waals surface area contributed by atoms with Crippen LogP contribution in [0.1, 0.15) is 22.7 Å². The summed E-state index contributed by atoms with van der Waals surface area (Å²) in [5.41, 5.74) is 3.88. The number of aliphatic imine (C=N–C) groups is 1. The Morgan fingerprint density at radius 3 is 2.33 bits per heavy atom. The minimum absolute atomic E-state index is 0. The predicted molar refractivity (Wildman–Crippen MR) is 142 cm³/mol. The summed E-state index contributed by atoms with van der Waals surface area (Å²) in [5, 5.41) is 3.65. The molecule has 0 spiro atoms. The van der Waals surface area contributed by atoms with Crippen LogP contribution in [-0.2, 0) is 17.7 Å². The number of rotatable bonds is 6. The first kappa shape index (κ1) is 25.6. The molecule has 2 aliphatic heterocycles. The lowest BCUT2D eigenvalue weighted by Gasteiger charge is -2.37. The first-order valence-corrected chi connectivity index (χ1v) is 11.3. The third-order valence-corrected chi connectivity index (χ3v) is 6.35. The van der Waals surface area contributed by atoms with Gasteiger partial charge in [0.25, 0.3) is 0 Å². The second-order valence-corrected chi connectivity index (χ2v) is 8.15. The van der Waals surface area contributed by atoms with Gasteiger partial charge in [0.1, 0.15) is 0 Å². The molecule has 0 aromatic heterocycles. The molecule has 1 N–H and O–H groups in total. The molecule has 2 aliphatic rings. The molecule has 0 saturated carbocycles. The molecule has 1 fully saturated rings. The fraction of sp³-hybridized carbons (Fsp3) is 0.480. The highest BCUT2D eigenvalue weighted by Crippen LogP contribution is 2.33. The summed E-state index contributed by atoms with van der Waals surface area (Å²) < 4.78 is 16.6. The van der Waals surface area contributed by atoms with Gasteiger partial charge in [0.15, 0.2) is 17.5 Å². The van der Waals surface area contributed by atoms with Crippen LogP contribution in [0.4, 0.5) is 0 Å². The van der Waals surface area contributed by atoms with E-state index in [9.17, 15) is 0 Å². The highest BCUT2D eigenvalue weighted by Gasteiger charge is 2.25. The fourth-order valence-corrected chi connectivity index (χ4v) is 4.61. The summed E-state index contributed by atoms with van der Waals surface area (Å²) >= 11 is 0. The molecule has 0 amide bonds. The summed E-state index contributed by atoms with van der Waals surface area (Å²) in [4.78, 5) is 9.42. The summed E-state index contributed by atoms with van der Waals surface area (Å²) in [6.07, 6.45) is 0.946. The average Bonchev–Trinajstić information content (AvgIpc) is 2.86. The van der Waals surface area contributed by atoms with Crippen molar-refractivity contribution >= 4 is 29.9 Å². The topological polar surface area (TPSA) is 58.6 Å². The molecule has 2 heterocycles. The first-order valence-electron chi connectivity index (χ1n) is 11.3. The number of fused-ring (bicyclic) bond motifs is 1. The van der Waals surface area contributed by atoms with E-state index >= 15 is 0 Å². The first-order chi connectivity index (χ1) is 15.7. The van der Waals surface area contributed by atoms with Gasteiger partial charge in [-0.05, 0) is 35.2 Å². The third-order valence-electron chi connectivity index (χ3n) is 6.35. The van der Waals surface area contributed by atoms with E-state index < -0.39 is 0 Å². The number of benzene rings is 2. The van der Waals surface area contributed by atoms with Crippen LogP contribution < -0.4 is 14.8 Å². The number of hydrogen-bond donors (Lipinski definition) is 1. The molecule has 33 heavy (non-hydrogen) atoms. The van der Waals surface area contributed by atoms with Crippen molar-refractivity contribution in [1.29, 1.82) is 0 Å². The van der Waals surface area contributed by atoms with Crippen LogP contribution in [-0.4, -0.2) is 76.4 Å². The van der Waals surface area contributed by atoms with Crippen molar-refractivity contribution in [3.8, 4) is 11.5 Å². The Bertz CT molecular complexity index is 919. The number of nitrogens with zero attached hydrogens (tertiary/aromatic N) is 3. The van der Waals surface area contributed by atoms with E-state index in [1.165, 1.54) is 16.7 Å². The van der Waals surface area contributed by atoms with Gasteiger partial charge in [-0.3, -0.25) is 9.89 Å². The van der Waals surface area contributed by atoms with Crippen molar-refractivity contribution in [2.45, 2.75) is 19.0 Å². The maximum Gasteiger partial charge on any atom is 0.194 e. The molecule has 8 heteroatoms. The van der Waals surface area contributed by atoms with Crippen molar-refractivity contribution in [3.05, 3.63) is 59.2 Å². The van der Waals surface area contributed by atoms with E-state index in [4.69, 9.17) is 14.2 Å². The van der Waals surface area contributed by atoms with Crippen LogP contribution in [0.5, 0.6) is 11.5 Å². The lowest BCUT2D eigenvalue weighted by atomic mass is 9.99. The Hall–Kier alpha value is -2.04. The van der Waals surface area contributed by atoms with Crippen LogP contribution in [0.2, 0.25) is 0 Å². The van der Waals surface area contributed by atoms with Crippen LogP contribution in [0.25, 0.3) is 0 Å². The fourth-order valence-electron chi connectivity index (χ4n) is 4.61. The maximum absolute atomic E-state index is 5.58. The van der Waals surface area contributed by atoms with Crippen LogP contribution in [0.3, 0.4) is 0 Å². The number of halogens is 1. The molecule has 2 aromatic carbocycles. The SMILES string of the molecule is CN=C(NCC(c1ccccc1)N1CCOCC1)N1CCc2cc(OC)c(OC)cc2C1.I. The van der Waals surface area contributed by atoms with Crippen molar-refractivity contribution in [1.82, 2.24) is 15.1 Å². The minimum Gasteiger partial charge on any atom is -0.493 e. The molecule has 2 aromatic rings. The van der Waals surface area contributed by atoms with Gasteiger partial charge in [-0.15, -0.1) is 24.0 Å². The van der Waals surface area contributed by atoms with Gasteiger partial charge in [0.2, 0.25) is 0 Å². The maximum atomic E-state index is 5.58. The Morgan fingerprint density at radius 2 is 1.70 bits per heavy atom. The number of hydrogen-bond acceptors (Lipinski definition) is 5. The van der Waals surface area contributed by atoms with Gasteiger partial charge in [0.05, 0.1) is 33.5 Å². The van der Waals surface area contributed by atoms with E-state index in [0.717, 1.165) is 69.8 Å². The predicted octanol–water partition coefficient (Wildman–Crippen LogP) is 3.33. The molecule has 1 atom stereocenters. The normalized spacial score (nSPS) is 17.5. The average molecular weight is 566 g/mol. The van der Waals surface area contributed by atoms with Crippen LogP contribution in [0.15, 0.2) is 47.5 Å². The Kier molecular flexibility index (Phi) is 9.64. The van der Waals surface area contributed by atoms with Gasteiger partial charge in [-0.25, -0.2) is 0 Å². The summed E-state index contributed by atoms with van der Waals surface area (Å²) in [7, 11) is 5.22. The van der Waals surface area contributed by atoms with Gasteiger partial charge in [-0.2, -0.15) is 0 Å². The molecule has 4 rings (SSSR count). The number of morpholine rings is 1. The monoisotopic (exact) mass is 566 g/mol. The van der Waals surface area contributed by atoms with Crippen molar-refractivity contribution in [3.63, 3.8) is 0 Å². The molecule has 180 valence electrons. The molecule has 0 radical (unpaired) electrons. The molecular formula is C25H35IN4O3. The minimum atomic E-state index is 0. The molecule has 0 bridgehead atoms. The summed E-state index contributed by atoms with van der Waals surface area (Å²) in [6, 6.07) is 15.2. The number of nitrogens with one attached hydrogen (secondary N) is 1. The lowest BCUT2D eigenvalue weighted by molar-refractivity contribution is 0.0169. The Balaban J connectivity index is 0.00000306. The van der Waals surface area contributed by atoms with Crippen molar-refractivity contribution < 1.29 is 14.2 Å². The van der Waals surface area contributed by atoms with Gasteiger partial charge < -0.3 is 24.4 Å². The molecule has 7 nitrogen and oxygen atoms in total. The summed E-state index contributed by atoms with van der Waals surface area (Å²) in [5.74, 6) is 2.49. The van der Waals surface area contributed by atoms with Crippen LogP contribution in [0, 0.1) is 0 Å². The van der Waals surface area contributed by atoms with Crippen molar-refractivity contribution in [2.24, 2.45) is 4.99 Å². The van der Waals surface area contributed by atoms with Crippen molar-refractivity contribution in [2.75, 3.05) is 60.7 Å². The zero-order valence-electron chi connectivity index (χ0n) is 19.8. The highest BCUT2D eigenvalue weighted by atomic mass is 127. The smallest absolute Gasteiger partial charge is 0.194 e. The largest absolute Gasteiger partial charge is 0.493 e. The third kappa shape index (κ3) is 6.10. The molecule has 1 saturated heterocycles. The Labute approximate surface area is 214 Å². The Morgan fingerprint density at radius 1 is 1.03 bits per heavy atom. The molecule has 1 unspecified atom stereocenters. The molecule has 0 aliphatic carbocycles. The number of guanidine groups is 1. The lowest BCUT2D eigenvalue weighted by Crippen LogP contribution is -2.48. The molecular weight excluding hydrogens is 531 g/mol. The zero-order valence-corrected chi connectivity index (χ0v) is 22.1. The zero-order chi connectivity index (χ0) is 22.3. The van der Waals surface area contributed by atoms with Gasteiger partial charge in [0, 0.05) is 39.8 Å². The van der Waals surface area contributed by atoms with E-state index in [-0.39, 0.29) is 30.0 Å². The van der Waals surface area contributed by atoms with E-state index in [2.05, 4.69) is 62.6 Å². The summed E-state index contributed by atoms with van der Waals surface area (Å²) in [6.45, 7) is 5.96.